The van der Waals surface area contributed by atoms with Crippen LogP contribution in [-0.2, 0) is 4.79 Å². The third-order valence-electron chi connectivity index (χ3n) is 3.80. The quantitative estimate of drug-likeness (QED) is 0.840. The zero-order chi connectivity index (χ0) is 13.4. The first-order valence-corrected chi connectivity index (χ1v) is 6.73. The molecule has 5 nitrogen and oxygen atoms in total. The summed E-state index contributed by atoms with van der Waals surface area (Å²) < 4.78 is 5.69. The van der Waals surface area contributed by atoms with Gasteiger partial charge in [-0.3, -0.25) is 4.79 Å². The highest BCUT2D eigenvalue weighted by atomic mass is 16.5. The van der Waals surface area contributed by atoms with E-state index < -0.39 is 6.10 Å². The highest BCUT2D eigenvalue weighted by Gasteiger charge is 2.37. The van der Waals surface area contributed by atoms with E-state index in [-0.39, 0.29) is 11.9 Å². The van der Waals surface area contributed by atoms with E-state index >= 15 is 0 Å². The highest BCUT2D eigenvalue weighted by Crippen LogP contribution is 2.38. The van der Waals surface area contributed by atoms with Gasteiger partial charge in [-0.15, -0.1) is 0 Å². The fraction of sp³-hybridized carbons (Fsp3) is 0.500. The summed E-state index contributed by atoms with van der Waals surface area (Å²) >= 11 is 0. The van der Waals surface area contributed by atoms with Crippen LogP contribution in [0, 0.1) is 0 Å². The molecule has 0 radical (unpaired) electrons. The predicted molar refractivity (Wildman–Crippen MR) is 74.8 cm³/mol. The first kappa shape index (κ1) is 12.3. The zero-order valence-corrected chi connectivity index (χ0v) is 11.3. The van der Waals surface area contributed by atoms with E-state index in [9.17, 15) is 4.79 Å². The second-order valence-electron chi connectivity index (χ2n) is 5.05. The maximum atomic E-state index is 12.4. The van der Waals surface area contributed by atoms with Gasteiger partial charge in [0.05, 0.1) is 11.7 Å². The summed E-state index contributed by atoms with van der Waals surface area (Å²) in [5.74, 6) is 0.840. The number of nitrogens with one attached hydrogen (secondary N) is 2. The molecule has 2 aliphatic rings. The van der Waals surface area contributed by atoms with Gasteiger partial charge in [-0.05, 0) is 38.1 Å². The Balaban J connectivity index is 2.04. The average Bonchev–Trinajstić information content (AvgIpc) is 2.93. The summed E-state index contributed by atoms with van der Waals surface area (Å²) in [6.07, 6.45) is 0.579. The molecule has 2 atom stereocenters. The Bertz CT molecular complexity index is 497. The first-order chi connectivity index (χ1) is 9.20. The summed E-state index contributed by atoms with van der Waals surface area (Å²) in [6.45, 7) is 3.62. The van der Waals surface area contributed by atoms with Crippen molar-refractivity contribution in [2.45, 2.75) is 25.5 Å². The van der Waals surface area contributed by atoms with Gasteiger partial charge in [0, 0.05) is 19.3 Å². The third kappa shape index (κ3) is 2.04. The Morgan fingerprint density at radius 3 is 3.00 bits per heavy atom. The number of nitrogens with zero attached hydrogens (tertiary/aromatic N) is 1. The van der Waals surface area contributed by atoms with E-state index in [0.717, 1.165) is 36.6 Å². The molecule has 0 aromatic heterocycles. The van der Waals surface area contributed by atoms with E-state index in [1.165, 1.54) is 0 Å². The highest BCUT2D eigenvalue weighted by molar-refractivity contribution is 6.01. The molecular formula is C14H19N3O2. The van der Waals surface area contributed by atoms with Crippen molar-refractivity contribution in [1.29, 1.82) is 0 Å². The molecule has 2 unspecified atom stereocenters. The van der Waals surface area contributed by atoms with Crippen LogP contribution in [0.1, 0.15) is 13.3 Å². The molecule has 0 bridgehead atoms. The van der Waals surface area contributed by atoms with Crippen molar-refractivity contribution < 1.29 is 9.53 Å². The monoisotopic (exact) mass is 261 g/mol. The molecule has 1 aromatic rings. The minimum atomic E-state index is -0.409. The number of fused-ring (bicyclic) bond motifs is 1. The van der Waals surface area contributed by atoms with Gasteiger partial charge in [0.15, 0.2) is 6.10 Å². The van der Waals surface area contributed by atoms with Crippen molar-refractivity contribution in [2.24, 2.45) is 0 Å². The molecule has 0 spiro atoms. The molecule has 102 valence electrons. The fourth-order valence-corrected chi connectivity index (χ4v) is 2.75. The lowest BCUT2D eigenvalue weighted by Gasteiger charge is -2.36. The number of hydrogen-bond donors (Lipinski definition) is 2. The van der Waals surface area contributed by atoms with E-state index in [4.69, 9.17) is 4.74 Å². The number of ether oxygens (including phenoxy) is 1. The van der Waals surface area contributed by atoms with E-state index in [0.29, 0.717) is 0 Å². The lowest BCUT2D eigenvalue weighted by molar-refractivity contribution is -0.126. The van der Waals surface area contributed by atoms with Crippen LogP contribution in [0.25, 0.3) is 0 Å². The fourth-order valence-electron chi connectivity index (χ4n) is 2.75. The summed E-state index contributed by atoms with van der Waals surface area (Å²) in [5, 5.41) is 6.42. The Hall–Kier alpha value is -1.75. The van der Waals surface area contributed by atoms with Crippen LogP contribution in [0.5, 0.6) is 5.75 Å². The Labute approximate surface area is 112 Å². The molecule has 3 rings (SSSR count). The van der Waals surface area contributed by atoms with Gasteiger partial charge < -0.3 is 20.3 Å². The van der Waals surface area contributed by atoms with Crippen molar-refractivity contribution in [3.05, 3.63) is 18.2 Å². The number of amides is 1. The van der Waals surface area contributed by atoms with Gasteiger partial charge in [-0.25, -0.2) is 0 Å². The standard InChI is InChI=1S/C14H19N3O2/c1-9-14(18)17(11-5-6-16-8-11)12-7-10(15-2)3-4-13(12)19-9/h3-4,7,9,11,15-16H,5-6,8H2,1-2H3. The topological polar surface area (TPSA) is 53.6 Å². The van der Waals surface area contributed by atoms with Crippen LogP contribution in [0.4, 0.5) is 11.4 Å². The lowest BCUT2D eigenvalue weighted by Crippen LogP contribution is -2.50. The van der Waals surface area contributed by atoms with Crippen molar-refractivity contribution in [3.63, 3.8) is 0 Å². The van der Waals surface area contributed by atoms with Gasteiger partial charge in [-0.2, -0.15) is 0 Å². The van der Waals surface area contributed by atoms with Crippen LogP contribution < -0.4 is 20.3 Å². The number of carbonyl (C=O) groups is 1. The molecule has 2 aliphatic heterocycles. The van der Waals surface area contributed by atoms with Gasteiger partial charge in [0.2, 0.25) is 0 Å². The van der Waals surface area contributed by atoms with Crippen LogP contribution in [-0.4, -0.2) is 38.2 Å². The van der Waals surface area contributed by atoms with Crippen LogP contribution in [0.15, 0.2) is 18.2 Å². The Kier molecular flexibility index (Phi) is 3.06. The SMILES string of the molecule is CNc1ccc2c(c1)N(C1CCNC1)C(=O)C(C)O2. The van der Waals surface area contributed by atoms with Crippen LogP contribution in [0.3, 0.4) is 0 Å². The largest absolute Gasteiger partial charge is 0.479 e. The number of carbonyl (C=O) groups excluding carboxylic acids is 1. The maximum Gasteiger partial charge on any atom is 0.268 e. The molecule has 2 N–H and O–H groups in total. The minimum absolute atomic E-state index is 0.0504. The van der Waals surface area contributed by atoms with Gasteiger partial charge >= 0.3 is 0 Å². The smallest absolute Gasteiger partial charge is 0.268 e. The van der Waals surface area contributed by atoms with Gasteiger partial charge in [0.25, 0.3) is 5.91 Å². The van der Waals surface area contributed by atoms with E-state index in [1.54, 1.807) is 0 Å². The second-order valence-corrected chi connectivity index (χ2v) is 5.05. The van der Waals surface area contributed by atoms with E-state index in [2.05, 4.69) is 10.6 Å². The lowest BCUT2D eigenvalue weighted by atomic mass is 10.1. The molecule has 5 heteroatoms. The molecule has 1 fully saturated rings. The van der Waals surface area contributed by atoms with E-state index in [1.807, 2.05) is 37.1 Å². The first-order valence-electron chi connectivity index (χ1n) is 6.73. The van der Waals surface area contributed by atoms with Crippen LogP contribution in [0.2, 0.25) is 0 Å². The zero-order valence-electron chi connectivity index (χ0n) is 11.3. The minimum Gasteiger partial charge on any atom is -0.479 e. The van der Waals surface area contributed by atoms with Crippen molar-refractivity contribution in [1.82, 2.24) is 5.32 Å². The van der Waals surface area contributed by atoms with Gasteiger partial charge in [-0.1, -0.05) is 0 Å². The summed E-state index contributed by atoms with van der Waals surface area (Å²) in [7, 11) is 1.87. The van der Waals surface area contributed by atoms with Crippen molar-refractivity contribution in [2.75, 3.05) is 30.4 Å². The molecule has 0 aliphatic carbocycles. The third-order valence-corrected chi connectivity index (χ3v) is 3.80. The molecule has 0 saturated carbocycles. The van der Waals surface area contributed by atoms with Gasteiger partial charge in [0.1, 0.15) is 5.75 Å². The number of anilines is 2. The molecule has 1 aromatic carbocycles. The number of hydrogen-bond acceptors (Lipinski definition) is 4. The second kappa shape index (κ2) is 4.74. The molecule has 1 saturated heterocycles. The molecule has 1 amide bonds. The Morgan fingerprint density at radius 1 is 1.47 bits per heavy atom. The number of rotatable bonds is 2. The summed E-state index contributed by atoms with van der Waals surface area (Å²) in [4.78, 5) is 14.3. The van der Waals surface area contributed by atoms with Crippen LogP contribution >= 0.6 is 0 Å². The predicted octanol–water partition coefficient (Wildman–Crippen LogP) is 1.20. The van der Waals surface area contributed by atoms with Crippen molar-refractivity contribution >= 4 is 17.3 Å². The normalized spacial score (nSPS) is 26.0. The number of benzene rings is 1. The Morgan fingerprint density at radius 2 is 2.32 bits per heavy atom. The maximum absolute atomic E-state index is 12.4. The summed E-state index contributed by atoms with van der Waals surface area (Å²) in [6, 6.07) is 6.10. The summed E-state index contributed by atoms with van der Waals surface area (Å²) in [5.41, 5.74) is 1.87. The average molecular weight is 261 g/mol. The molecular weight excluding hydrogens is 242 g/mol. The molecule has 19 heavy (non-hydrogen) atoms. The molecule has 2 heterocycles. The van der Waals surface area contributed by atoms with Crippen molar-refractivity contribution in [3.8, 4) is 5.75 Å².